The van der Waals surface area contributed by atoms with Crippen LogP contribution in [0.25, 0.3) is 0 Å². The summed E-state index contributed by atoms with van der Waals surface area (Å²) in [7, 11) is 1.57. The summed E-state index contributed by atoms with van der Waals surface area (Å²) in [6.45, 7) is 5.76. The molecule has 28 heavy (non-hydrogen) atoms. The molecule has 0 spiro atoms. The molecule has 2 aromatic rings. The van der Waals surface area contributed by atoms with Gasteiger partial charge in [0, 0.05) is 16.7 Å². The number of carbonyl (C=O) groups excluding carboxylic acids is 2. The van der Waals surface area contributed by atoms with E-state index in [0.29, 0.717) is 41.2 Å². The summed E-state index contributed by atoms with van der Waals surface area (Å²) in [5, 5.41) is 2.99. The fraction of sp³-hybridized carbons (Fsp3) is 0.364. The van der Waals surface area contributed by atoms with Crippen LogP contribution in [0.3, 0.4) is 0 Å². The van der Waals surface area contributed by atoms with Crippen molar-refractivity contribution in [3.05, 3.63) is 53.1 Å². The van der Waals surface area contributed by atoms with Crippen LogP contribution >= 0.6 is 0 Å². The number of Topliss-reactive ketones (excluding diaryl/α,β-unsaturated/α-hetero) is 1. The van der Waals surface area contributed by atoms with Gasteiger partial charge in [-0.05, 0) is 50.1 Å². The number of methoxy groups -OCH3 is 1. The lowest BCUT2D eigenvalue weighted by molar-refractivity contribution is 0.0753. The molecular weight excluding hydrogens is 358 g/mol. The number of fused-ring (bicyclic) bond motifs is 1. The van der Waals surface area contributed by atoms with Gasteiger partial charge >= 0.3 is 0 Å². The largest absolute Gasteiger partial charge is 0.496 e. The van der Waals surface area contributed by atoms with E-state index in [1.807, 2.05) is 20.8 Å². The number of rotatable bonds is 7. The molecule has 3 rings (SSSR count). The predicted molar refractivity (Wildman–Crippen MR) is 105 cm³/mol. The summed E-state index contributed by atoms with van der Waals surface area (Å²) in [5.74, 6) is 1.35. The van der Waals surface area contributed by atoms with Gasteiger partial charge < -0.3 is 19.5 Å². The Morgan fingerprint density at radius 3 is 2.50 bits per heavy atom. The van der Waals surface area contributed by atoms with Gasteiger partial charge in [0.25, 0.3) is 5.91 Å². The first-order valence-corrected chi connectivity index (χ1v) is 9.36. The first-order valence-electron chi connectivity index (χ1n) is 9.36. The molecule has 0 fully saturated rings. The van der Waals surface area contributed by atoms with Crippen molar-refractivity contribution >= 4 is 11.7 Å². The molecule has 6 nitrogen and oxygen atoms in total. The van der Waals surface area contributed by atoms with Crippen molar-refractivity contribution in [1.82, 2.24) is 5.32 Å². The van der Waals surface area contributed by atoms with E-state index in [0.717, 1.165) is 5.56 Å². The first-order chi connectivity index (χ1) is 13.5. The van der Waals surface area contributed by atoms with Gasteiger partial charge in [-0.15, -0.1) is 0 Å². The molecule has 1 N–H and O–H groups in total. The van der Waals surface area contributed by atoms with Crippen molar-refractivity contribution in [2.75, 3.05) is 13.9 Å². The van der Waals surface area contributed by atoms with E-state index >= 15 is 0 Å². The molecule has 0 saturated carbocycles. The minimum atomic E-state index is -1.01. The molecule has 0 atom stereocenters. The molecule has 0 unspecified atom stereocenters. The van der Waals surface area contributed by atoms with E-state index in [1.165, 1.54) is 0 Å². The number of ketones is 1. The highest BCUT2D eigenvalue weighted by molar-refractivity contribution is 6.07. The van der Waals surface area contributed by atoms with Crippen molar-refractivity contribution in [3.63, 3.8) is 0 Å². The van der Waals surface area contributed by atoms with Gasteiger partial charge in [-0.1, -0.05) is 19.9 Å². The molecule has 1 heterocycles. The Labute approximate surface area is 164 Å². The van der Waals surface area contributed by atoms with Crippen LogP contribution in [0.2, 0.25) is 0 Å². The van der Waals surface area contributed by atoms with Gasteiger partial charge in [0.2, 0.25) is 6.79 Å². The average Bonchev–Trinajstić information content (AvgIpc) is 3.19. The SMILES string of the molecule is CCC(CC)(NC(=O)c1cccc(OC)c1C)C(=O)c1ccc2c(c1)OCO2. The molecule has 0 radical (unpaired) electrons. The minimum absolute atomic E-state index is 0.144. The van der Waals surface area contributed by atoms with Crippen LogP contribution in [0.4, 0.5) is 0 Å². The predicted octanol–water partition coefficient (Wildman–Crippen LogP) is 3.90. The number of nitrogens with one attached hydrogen (secondary N) is 1. The van der Waals surface area contributed by atoms with E-state index in [-0.39, 0.29) is 18.5 Å². The Balaban J connectivity index is 1.91. The molecule has 2 aromatic carbocycles. The number of benzene rings is 2. The topological polar surface area (TPSA) is 73.9 Å². The van der Waals surface area contributed by atoms with E-state index < -0.39 is 5.54 Å². The zero-order chi connectivity index (χ0) is 20.3. The Bertz CT molecular complexity index is 902. The molecule has 6 heteroatoms. The average molecular weight is 383 g/mol. The van der Waals surface area contributed by atoms with E-state index in [2.05, 4.69) is 5.32 Å². The zero-order valence-electron chi connectivity index (χ0n) is 16.6. The van der Waals surface area contributed by atoms with Crippen molar-refractivity contribution in [2.45, 2.75) is 39.2 Å². The minimum Gasteiger partial charge on any atom is -0.496 e. The third-order valence-corrected chi connectivity index (χ3v) is 5.38. The second-order valence-electron chi connectivity index (χ2n) is 6.77. The molecule has 1 aliphatic rings. The highest BCUT2D eigenvalue weighted by atomic mass is 16.7. The lowest BCUT2D eigenvalue weighted by Crippen LogP contribution is -2.53. The second-order valence-corrected chi connectivity index (χ2v) is 6.77. The van der Waals surface area contributed by atoms with E-state index in [9.17, 15) is 9.59 Å². The van der Waals surface area contributed by atoms with Crippen molar-refractivity contribution < 1.29 is 23.8 Å². The van der Waals surface area contributed by atoms with Gasteiger partial charge in [0.1, 0.15) is 11.3 Å². The smallest absolute Gasteiger partial charge is 0.252 e. The summed E-state index contributed by atoms with van der Waals surface area (Å²) in [6.07, 6.45) is 0.928. The van der Waals surface area contributed by atoms with E-state index in [4.69, 9.17) is 14.2 Å². The summed E-state index contributed by atoms with van der Waals surface area (Å²) >= 11 is 0. The monoisotopic (exact) mass is 383 g/mol. The Hall–Kier alpha value is -3.02. The summed E-state index contributed by atoms with van der Waals surface area (Å²) in [5.41, 5.74) is 0.694. The number of ether oxygens (including phenoxy) is 3. The first kappa shape index (κ1) is 19.7. The van der Waals surface area contributed by atoms with Crippen molar-refractivity contribution in [1.29, 1.82) is 0 Å². The van der Waals surface area contributed by atoms with Gasteiger partial charge in [-0.2, -0.15) is 0 Å². The molecule has 148 valence electrons. The highest BCUT2D eigenvalue weighted by Gasteiger charge is 2.38. The van der Waals surface area contributed by atoms with Gasteiger partial charge in [0.05, 0.1) is 7.11 Å². The molecular formula is C22H25NO5. The quantitative estimate of drug-likeness (QED) is 0.734. The van der Waals surface area contributed by atoms with Crippen LogP contribution in [0, 0.1) is 6.92 Å². The van der Waals surface area contributed by atoms with Gasteiger partial charge in [-0.25, -0.2) is 0 Å². The maximum Gasteiger partial charge on any atom is 0.252 e. The van der Waals surface area contributed by atoms with Crippen molar-refractivity contribution in [2.24, 2.45) is 0 Å². The number of hydrogen-bond donors (Lipinski definition) is 1. The fourth-order valence-corrected chi connectivity index (χ4v) is 3.48. The van der Waals surface area contributed by atoms with Crippen LogP contribution in [0.5, 0.6) is 17.2 Å². The molecule has 0 aromatic heterocycles. The zero-order valence-corrected chi connectivity index (χ0v) is 16.6. The van der Waals surface area contributed by atoms with E-state index in [1.54, 1.807) is 43.5 Å². The number of hydrogen-bond acceptors (Lipinski definition) is 5. The lowest BCUT2D eigenvalue weighted by Gasteiger charge is -2.32. The molecule has 1 aliphatic heterocycles. The molecule has 0 bridgehead atoms. The third-order valence-electron chi connectivity index (χ3n) is 5.38. The van der Waals surface area contributed by atoms with Crippen LogP contribution in [0.15, 0.2) is 36.4 Å². The highest BCUT2D eigenvalue weighted by Crippen LogP contribution is 2.34. The maximum atomic E-state index is 13.4. The fourth-order valence-electron chi connectivity index (χ4n) is 3.48. The van der Waals surface area contributed by atoms with Crippen LogP contribution in [-0.4, -0.2) is 31.1 Å². The lowest BCUT2D eigenvalue weighted by atomic mass is 9.83. The van der Waals surface area contributed by atoms with Gasteiger partial charge in [-0.3, -0.25) is 9.59 Å². The summed E-state index contributed by atoms with van der Waals surface area (Å²) in [4.78, 5) is 26.4. The van der Waals surface area contributed by atoms with Crippen LogP contribution in [0.1, 0.15) is 53.0 Å². The Kier molecular flexibility index (Phi) is 5.58. The van der Waals surface area contributed by atoms with Crippen LogP contribution in [-0.2, 0) is 0 Å². The Morgan fingerprint density at radius 2 is 1.82 bits per heavy atom. The van der Waals surface area contributed by atoms with Crippen LogP contribution < -0.4 is 19.5 Å². The summed E-state index contributed by atoms with van der Waals surface area (Å²) < 4.78 is 16.0. The molecule has 0 aliphatic carbocycles. The molecule has 0 saturated heterocycles. The second kappa shape index (κ2) is 7.92. The normalized spacial score (nSPS) is 12.6. The maximum absolute atomic E-state index is 13.4. The number of amides is 1. The number of carbonyl (C=O) groups is 2. The van der Waals surface area contributed by atoms with Crippen molar-refractivity contribution in [3.8, 4) is 17.2 Å². The third kappa shape index (κ3) is 3.42. The standard InChI is InChI=1S/C22H25NO5/c1-5-22(6-2,20(24)15-10-11-18-19(12-15)28-13-27-18)23-21(25)16-8-7-9-17(26-4)14(16)3/h7-12H,5-6,13H2,1-4H3,(H,23,25). The van der Waals surface area contributed by atoms with Gasteiger partial charge in [0.15, 0.2) is 17.3 Å². The Morgan fingerprint density at radius 1 is 1.11 bits per heavy atom. The molecule has 1 amide bonds. The summed E-state index contributed by atoms with van der Waals surface area (Å²) in [6, 6.07) is 10.4.